The molecule has 0 radical (unpaired) electrons. The van der Waals surface area contributed by atoms with Gasteiger partial charge in [0.2, 0.25) is 0 Å². The van der Waals surface area contributed by atoms with E-state index in [0.29, 0.717) is 6.61 Å². The van der Waals surface area contributed by atoms with Crippen molar-refractivity contribution in [2.45, 2.75) is 52.7 Å². The van der Waals surface area contributed by atoms with Gasteiger partial charge in [-0.1, -0.05) is 13.3 Å². The topological polar surface area (TPSA) is 61.0 Å². The van der Waals surface area contributed by atoms with Gasteiger partial charge in [0.1, 0.15) is 6.10 Å². The second kappa shape index (κ2) is 6.67. The van der Waals surface area contributed by atoms with Crippen LogP contribution >= 0.6 is 0 Å². The second-order valence-corrected chi connectivity index (χ2v) is 4.29. The van der Waals surface area contributed by atoms with Crippen LogP contribution in [0.4, 0.5) is 0 Å². The molecule has 0 saturated heterocycles. The van der Waals surface area contributed by atoms with E-state index in [-0.39, 0.29) is 12.1 Å². The van der Waals surface area contributed by atoms with Crippen LogP contribution in [0.25, 0.3) is 0 Å². The molecule has 96 valence electrons. The minimum atomic E-state index is -0.0271. The summed E-state index contributed by atoms with van der Waals surface area (Å²) in [5, 5.41) is 0. The van der Waals surface area contributed by atoms with Crippen LogP contribution in [0.3, 0.4) is 0 Å². The molecule has 0 aliphatic heterocycles. The molecular formula is C13H23N3O. The van der Waals surface area contributed by atoms with Crippen molar-refractivity contribution in [2.75, 3.05) is 6.61 Å². The molecule has 0 spiro atoms. The van der Waals surface area contributed by atoms with Gasteiger partial charge in [-0.3, -0.25) is 0 Å². The van der Waals surface area contributed by atoms with Gasteiger partial charge in [0, 0.05) is 30.1 Å². The Morgan fingerprint density at radius 1 is 1.41 bits per heavy atom. The molecule has 0 aliphatic rings. The number of ether oxygens (including phenoxy) is 1. The molecule has 2 N–H and O–H groups in total. The van der Waals surface area contributed by atoms with Gasteiger partial charge in [0.15, 0.2) is 5.82 Å². The third-order valence-corrected chi connectivity index (χ3v) is 2.73. The van der Waals surface area contributed by atoms with Crippen LogP contribution in [0.5, 0.6) is 0 Å². The lowest BCUT2D eigenvalue weighted by Gasteiger charge is -2.17. The molecule has 1 heterocycles. The molecular weight excluding hydrogens is 214 g/mol. The van der Waals surface area contributed by atoms with Crippen molar-refractivity contribution in [3.8, 4) is 0 Å². The molecule has 0 aliphatic carbocycles. The van der Waals surface area contributed by atoms with Gasteiger partial charge in [-0.05, 0) is 27.2 Å². The Morgan fingerprint density at radius 3 is 2.59 bits per heavy atom. The van der Waals surface area contributed by atoms with Crippen molar-refractivity contribution in [3.05, 3.63) is 23.3 Å². The van der Waals surface area contributed by atoms with E-state index in [0.717, 1.165) is 29.9 Å². The fourth-order valence-electron chi connectivity index (χ4n) is 1.85. The van der Waals surface area contributed by atoms with E-state index in [1.165, 1.54) is 0 Å². The molecule has 0 amide bonds. The van der Waals surface area contributed by atoms with Gasteiger partial charge in [0.05, 0.1) is 0 Å². The highest BCUT2D eigenvalue weighted by molar-refractivity contribution is 5.19. The van der Waals surface area contributed by atoms with Crippen LogP contribution in [0, 0.1) is 6.92 Å². The van der Waals surface area contributed by atoms with Crippen molar-refractivity contribution in [1.82, 2.24) is 9.97 Å². The molecule has 2 atom stereocenters. The van der Waals surface area contributed by atoms with Crippen molar-refractivity contribution < 1.29 is 4.74 Å². The zero-order chi connectivity index (χ0) is 12.8. The lowest BCUT2D eigenvalue weighted by Crippen LogP contribution is -2.14. The Labute approximate surface area is 104 Å². The fraction of sp³-hybridized carbons (Fsp3) is 0.692. The molecule has 17 heavy (non-hydrogen) atoms. The summed E-state index contributed by atoms with van der Waals surface area (Å²) in [6.45, 7) is 8.72. The van der Waals surface area contributed by atoms with Gasteiger partial charge in [-0.25, -0.2) is 9.97 Å². The predicted octanol–water partition coefficient (Wildman–Crippen LogP) is 2.68. The highest BCUT2D eigenvalue weighted by Crippen LogP contribution is 2.21. The van der Waals surface area contributed by atoms with Crippen molar-refractivity contribution in [1.29, 1.82) is 0 Å². The van der Waals surface area contributed by atoms with Crippen molar-refractivity contribution in [2.24, 2.45) is 5.73 Å². The van der Waals surface area contributed by atoms with Crippen molar-refractivity contribution in [3.63, 3.8) is 0 Å². The maximum Gasteiger partial charge on any atom is 0.157 e. The van der Waals surface area contributed by atoms with Crippen LogP contribution in [0.2, 0.25) is 0 Å². The number of nitrogens with zero attached hydrogens (tertiary/aromatic N) is 2. The molecule has 0 aromatic carbocycles. The van der Waals surface area contributed by atoms with Gasteiger partial charge in [-0.2, -0.15) is 0 Å². The van der Waals surface area contributed by atoms with Crippen LogP contribution in [-0.4, -0.2) is 16.6 Å². The highest BCUT2D eigenvalue weighted by Gasteiger charge is 2.15. The van der Waals surface area contributed by atoms with E-state index in [9.17, 15) is 0 Å². The van der Waals surface area contributed by atoms with Crippen LogP contribution in [0.1, 0.15) is 62.8 Å². The first-order valence-corrected chi connectivity index (χ1v) is 6.30. The maximum absolute atomic E-state index is 5.85. The van der Waals surface area contributed by atoms with Gasteiger partial charge < -0.3 is 10.5 Å². The number of nitrogens with two attached hydrogens (primary N) is 1. The number of aryl methyl sites for hydroxylation is 1. The summed E-state index contributed by atoms with van der Waals surface area (Å²) in [5.41, 5.74) is 7.80. The average Bonchev–Trinajstić information content (AvgIpc) is 2.28. The summed E-state index contributed by atoms with van der Waals surface area (Å²) < 4.78 is 5.67. The Kier molecular flexibility index (Phi) is 5.51. The lowest BCUT2D eigenvalue weighted by atomic mass is 10.1. The summed E-state index contributed by atoms with van der Waals surface area (Å²) in [5.74, 6) is 0.774. The van der Waals surface area contributed by atoms with Crippen molar-refractivity contribution >= 4 is 0 Å². The summed E-state index contributed by atoms with van der Waals surface area (Å²) in [7, 11) is 0. The molecule has 0 bridgehead atoms. The zero-order valence-corrected chi connectivity index (χ0v) is 11.2. The smallest absolute Gasteiger partial charge is 0.157 e. The average molecular weight is 237 g/mol. The predicted molar refractivity (Wildman–Crippen MR) is 68.6 cm³/mol. The number of hydrogen-bond donors (Lipinski definition) is 1. The Bertz CT molecular complexity index is 347. The molecule has 4 nitrogen and oxygen atoms in total. The van der Waals surface area contributed by atoms with Crippen LogP contribution in [-0.2, 0) is 4.74 Å². The first-order valence-electron chi connectivity index (χ1n) is 6.30. The van der Waals surface area contributed by atoms with Gasteiger partial charge in [0.25, 0.3) is 0 Å². The van der Waals surface area contributed by atoms with E-state index in [1.54, 1.807) is 0 Å². The summed E-state index contributed by atoms with van der Waals surface area (Å²) in [6.07, 6.45) is 3.84. The standard InChI is InChI=1S/C13H23N3O/c1-5-7-12(17-6-2)13-15-8-11(9(3)14)10(4)16-13/h8-9,12H,5-7,14H2,1-4H3/t9-,12?/m0/s1. The van der Waals surface area contributed by atoms with Crippen LogP contribution < -0.4 is 5.73 Å². The molecule has 4 heteroatoms. The normalized spacial score (nSPS) is 14.6. The van der Waals surface area contributed by atoms with E-state index in [4.69, 9.17) is 10.5 Å². The number of rotatable bonds is 6. The van der Waals surface area contributed by atoms with Crippen LogP contribution in [0.15, 0.2) is 6.20 Å². The molecule has 0 fully saturated rings. The van der Waals surface area contributed by atoms with Gasteiger partial charge >= 0.3 is 0 Å². The SMILES string of the molecule is CCCC(OCC)c1ncc([C@H](C)N)c(C)n1. The summed E-state index contributed by atoms with van der Waals surface area (Å²) in [6, 6.07) is -0.0271. The first kappa shape index (κ1) is 14.1. The number of aromatic nitrogens is 2. The molecule has 0 saturated carbocycles. The lowest BCUT2D eigenvalue weighted by molar-refractivity contribution is 0.0492. The monoisotopic (exact) mass is 237 g/mol. The Hall–Kier alpha value is -1.00. The quantitative estimate of drug-likeness (QED) is 0.826. The number of hydrogen-bond acceptors (Lipinski definition) is 4. The Morgan fingerprint density at radius 2 is 2.12 bits per heavy atom. The minimum Gasteiger partial charge on any atom is -0.371 e. The molecule has 1 aromatic heterocycles. The molecule has 1 unspecified atom stereocenters. The Balaban J connectivity index is 2.93. The minimum absolute atomic E-state index is 0.00540. The third-order valence-electron chi connectivity index (χ3n) is 2.73. The molecule has 1 rings (SSSR count). The fourth-order valence-corrected chi connectivity index (χ4v) is 1.85. The second-order valence-electron chi connectivity index (χ2n) is 4.29. The third kappa shape index (κ3) is 3.75. The first-order chi connectivity index (χ1) is 8.10. The zero-order valence-electron chi connectivity index (χ0n) is 11.2. The highest BCUT2D eigenvalue weighted by atomic mass is 16.5. The van der Waals surface area contributed by atoms with E-state index in [1.807, 2.05) is 27.0 Å². The van der Waals surface area contributed by atoms with E-state index < -0.39 is 0 Å². The molecule has 1 aromatic rings. The van der Waals surface area contributed by atoms with E-state index in [2.05, 4.69) is 16.9 Å². The largest absolute Gasteiger partial charge is 0.371 e. The van der Waals surface area contributed by atoms with E-state index >= 15 is 0 Å². The van der Waals surface area contributed by atoms with Gasteiger partial charge in [-0.15, -0.1) is 0 Å². The maximum atomic E-state index is 5.85. The summed E-state index contributed by atoms with van der Waals surface area (Å²) >= 11 is 0. The summed E-state index contributed by atoms with van der Waals surface area (Å²) in [4.78, 5) is 8.90.